The first-order chi connectivity index (χ1) is 9.54. The van der Waals surface area contributed by atoms with E-state index in [0.717, 1.165) is 19.5 Å². The van der Waals surface area contributed by atoms with Gasteiger partial charge in [-0.2, -0.15) is 5.10 Å². The highest BCUT2D eigenvalue weighted by atomic mass is 35.5. The first-order valence-electron chi connectivity index (χ1n) is 7.26. The average Bonchev–Trinajstić information content (AvgIpc) is 2.87. The second-order valence-electron chi connectivity index (χ2n) is 5.41. The van der Waals surface area contributed by atoms with Crippen LogP contribution in [0.4, 0.5) is 0 Å². The largest absolute Gasteiger partial charge is 0.385 e. The van der Waals surface area contributed by atoms with E-state index in [1.165, 1.54) is 0 Å². The van der Waals surface area contributed by atoms with Crippen molar-refractivity contribution in [1.82, 2.24) is 14.7 Å². The summed E-state index contributed by atoms with van der Waals surface area (Å²) in [6.45, 7) is 9.97. The van der Waals surface area contributed by atoms with Crippen LogP contribution in [-0.4, -0.2) is 51.6 Å². The van der Waals surface area contributed by atoms with Crippen LogP contribution < -0.4 is 0 Å². The highest BCUT2D eigenvalue weighted by Gasteiger charge is 2.41. The molecule has 1 fully saturated rings. The van der Waals surface area contributed by atoms with Crippen molar-refractivity contribution < 1.29 is 9.84 Å². The third-order valence-electron chi connectivity index (χ3n) is 4.43. The Morgan fingerprint density at radius 2 is 2.10 bits per heavy atom. The fourth-order valence-electron chi connectivity index (χ4n) is 2.85. The van der Waals surface area contributed by atoms with Crippen molar-refractivity contribution in [3.63, 3.8) is 0 Å². The second kappa shape index (κ2) is 6.43. The number of aryl methyl sites for hydroxylation is 1. The maximum atomic E-state index is 10.9. The van der Waals surface area contributed by atoms with Gasteiger partial charge in [0.15, 0.2) is 0 Å². The van der Waals surface area contributed by atoms with E-state index in [2.05, 4.69) is 23.8 Å². The Bertz CT molecular complexity index is 446. The Kier molecular flexibility index (Phi) is 5.07. The van der Waals surface area contributed by atoms with Gasteiger partial charge >= 0.3 is 0 Å². The summed E-state index contributed by atoms with van der Waals surface area (Å²) in [5, 5.41) is 15.7. The number of hydrogen-bond acceptors (Lipinski definition) is 4. The number of aliphatic hydroxyl groups is 1. The van der Waals surface area contributed by atoms with Gasteiger partial charge in [-0.25, -0.2) is 0 Å². The number of aromatic nitrogens is 2. The van der Waals surface area contributed by atoms with Crippen LogP contribution in [0, 0.1) is 0 Å². The van der Waals surface area contributed by atoms with Crippen LogP contribution in [0.25, 0.3) is 0 Å². The molecule has 2 rings (SSSR count). The molecule has 20 heavy (non-hydrogen) atoms. The number of morpholine rings is 1. The van der Waals surface area contributed by atoms with Crippen molar-refractivity contribution in [2.24, 2.45) is 0 Å². The molecular formula is C14H24ClN3O2. The molecule has 1 N–H and O–H groups in total. The Labute approximate surface area is 125 Å². The van der Waals surface area contributed by atoms with Gasteiger partial charge in [-0.15, -0.1) is 0 Å². The molecule has 2 atom stereocenters. The van der Waals surface area contributed by atoms with Gasteiger partial charge < -0.3 is 9.84 Å². The van der Waals surface area contributed by atoms with E-state index in [1.807, 2.05) is 6.92 Å². The Hall–Kier alpha value is -0.620. The number of ether oxygens (including phenoxy) is 1. The minimum absolute atomic E-state index is 0.361. The number of rotatable bonds is 5. The Morgan fingerprint density at radius 3 is 2.65 bits per heavy atom. The fraction of sp³-hybridized carbons (Fsp3) is 0.786. The lowest BCUT2D eigenvalue weighted by atomic mass is 9.87. The highest BCUT2D eigenvalue weighted by Crippen LogP contribution is 2.37. The molecule has 6 heteroatoms. The third-order valence-corrected chi connectivity index (χ3v) is 4.72. The van der Waals surface area contributed by atoms with E-state index in [0.29, 0.717) is 30.5 Å². The van der Waals surface area contributed by atoms with E-state index >= 15 is 0 Å². The molecule has 2 heterocycles. The first-order valence-corrected chi connectivity index (χ1v) is 7.64. The molecule has 1 aromatic heterocycles. The van der Waals surface area contributed by atoms with Crippen molar-refractivity contribution in [3.8, 4) is 0 Å². The van der Waals surface area contributed by atoms with Crippen LogP contribution in [0.15, 0.2) is 6.20 Å². The zero-order chi connectivity index (χ0) is 14.8. The lowest BCUT2D eigenvalue weighted by Gasteiger charge is -2.45. The zero-order valence-electron chi connectivity index (χ0n) is 12.5. The van der Waals surface area contributed by atoms with Crippen molar-refractivity contribution in [3.05, 3.63) is 16.9 Å². The Balaban J connectivity index is 2.31. The van der Waals surface area contributed by atoms with Gasteiger partial charge in [0.25, 0.3) is 0 Å². The summed E-state index contributed by atoms with van der Waals surface area (Å²) in [7, 11) is 0. The maximum Gasteiger partial charge on any atom is 0.115 e. The first kappa shape index (κ1) is 15.8. The van der Waals surface area contributed by atoms with Crippen molar-refractivity contribution in [1.29, 1.82) is 0 Å². The number of nitrogens with zero attached hydrogens (tertiary/aromatic N) is 3. The van der Waals surface area contributed by atoms with Crippen LogP contribution in [0.3, 0.4) is 0 Å². The van der Waals surface area contributed by atoms with Crippen molar-refractivity contribution in [2.45, 2.75) is 45.4 Å². The molecular weight excluding hydrogens is 278 g/mol. The van der Waals surface area contributed by atoms with Crippen molar-refractivity contribution in [2.75, 3.05) is 26.3 Å². The van der Waals surface area contributed by atoms with Crippen LogP contribution in [0.5, 0.6) is 0 Å². The Morgan fingerprint density at radius 1 is 1.45 bits per heavy atom. The molecule has 5 nitrogen and oxygen atoms in total. The summed E-state index contributed by atoms with van der Waals surface area (Å²) >= 11 is 6.23. The standard InChI is InChI=1S/C14H24ClN3O2/c1-4-14(3,17-6-8-20-9-7-17)13(19)12-11(15)10-16-18(12)5-2/h10,13,19H,4-9H2,1-3H3. The monoisotopic (exact) mass is 301 g/mol. The molecule has 0 aliphatic carbocycles. The number of halogens is 1. The van der Waals surface area contributed by atoms with Gasteiger partial charge in [-0.05, 0) is 20.3 Å². The van der Waals surface area contributed by atoms with E-state index < -0.39 is 6.10 Å². The van der Waals surface area contributed by atoms with E-state index in [-0.39, 0.29) is 5.54 Å². The molecule has 114 valence electrons. The molecule has 0 spiro atoms. The highest BCUT2D eigenvalue weighted by molar-refractivity contribution is 6.31. The summed E-state index contributed by atoms with van der Waals surface area (Å²) in [4.78, 5) is 2.30. The smallest absolute Gasteiger partial charge is 0.115 e. The quantitative estimate of drug-likeness (QED) is 0.905. The predicted molar refractivity (Wildman–Crippen MR) is 79.0 cm³/mol. The molecule has 1 aliphatic rings. The average molecular weight is 302 g/mol. The van der Waals surface area contributed by atoms with E-state index in [4.69, 9.17) is 16.3 Å². The number of hydrogen-bond donors (Lipinski definition) is 1. The van der Waals surface area contributed by atoms with Gasteiger partial charge in [0.05, 0.1) is 30.1 Å². The lowest BCUT2D eigenvalue weighted by molar-refractivity contribution is -0.0758. The predicted octanol–water partition coefficient (Wildman–Crippen LogP) is 2.09. The summed E-state index contributed by atoms with van der Waals surface area (Å²) in [5.74, 6) is 0. The molecule has 0 radical (unpaired) electrons. The van der Waals surface area contributed by atoms with Crippen LogP contribution in [0.1, 0.15) is 39.0 Å². The molecule has 0 aromatic carbocycles. The van der Waals surface area contributed by atoms with Gasteiger partial charge in [0, 0.05) is 25.2 Å². The summed E-state index contributed by atoms with van der Waals surface area (Å²) < 4.78 is 7.19. The fourth-order valence-corrected chi connectivity index (χ4v) is 3.10. The van der Waals surface area contributed by atoms with Crippen molar-refractivity contribution >= 4 is 11.6 Å². The molecule has 2 unspecified atom stereocenters. The van der Waals surface area contributed by atoms with E-state index in [1.54, 1.807) is 10.9 Å². The SMILES string of the molecule is CCn1ncc(Cl)c1C(O)C(C)(CC)N1CCOCC1. The third kappa shape index (κ3) is 2.72. The molecule has 1 aromatic rings. The zero-order valence-corrected chi connectivity index (χ0v) is 13.2. The summed E-state index contributed by atoms with van der Waals surface area (Å²) in [6.07, 6.45) is 1.78. The molecule has 1 aliphatic heterocycles. The van der Waals surface area contributed by atoms with Gasteiger partial charge in [0.1, 0.15) is 6.10 Å². The lowest BCUT2D eigenvalue weighted by Crippen LogP contribution is -2.55. The summed E-state index contributed by atoms with van der Waals surface area (Å²) in [5.41, 5.74) is 0.352. The topological polar surface area (TPSA) is 50.5 Å². The summed E-state index contributed by atoms with van der Waals surface area (Å²) in [6, 6.07) is 0. The molecule has 0 saturated carbocycles. The van der Waals surface area contributed by atoms with Gasteiger partial charge in [0.2, 0.25) is 0 Å². The van der Waals surface area contributed by atoms with Crippen LogP contribution in [0.2, 0.25) is 5.02 Å². The van der Waals surface area contributed by atoms with Crippen LogP contribution in [-0.2, 0) is 11.3 Å². The normalized spacial score (nSPS) is 21.6. The maximum absolute atomic E-state index is 10.9. The van der Waals surface area contributed by atoms with E-state index in [9.17, 15) is 5.11 Å². The molecule has 0 amide bonds. The minimum atomic E-state index is -0.666. The second-order valence-corrected chi connectivity index (χ2v) is 5.81. The van der Waals surface area contributed by atoms with Gasteiger partial charge in [-0.3, -0.25) is 9.58 Å². The van der Waals surface area contributed by atoms with Gasteiger partial charge in [-0.1, -0.05) is 18.5 Å². The molecule has 0 bridgehead atoms. The number of aliphatic hydroxyl groups excluding tert-OH is 1. The van der Waals surface area contributed by atoms with Crippen LogP contribution >= 0.6 is 11.6 Å². The minimum Gasteiger partial charge on any atom is -0.385 e. The molecule has 1 saturated heterocycles.